The summed E-state index contributed by atoms with van der Waals surface area (Å²) in [5.41, 5.74) is 1.03. The van der Waals surface area contributed by atoms with Crippen LogP contribution in [-0.4, -0.2) is 30.8 Å². The van der Waals surface area contributed by atoms with E-state index in [0.717, 1.165) is 28.8 Å². The molecule has 0 saturated heterocycles. The third-order valence-electron chi connectivity index (χ3n) is 3.47. The van der Waals surface area contributed by atoms with Gasteiger partial charge in [0.25, 0.3) is 0 Å². The van der Waals surface area contributed by atoms with Crippen LogP contribution in [-0.2, 0) is 6.54 Å². The molecule has 1 aliphatic rings. The lowest BCUT2D eigenvalue weighted by Crippen LogP contribution is -2.09. The number of hydrogen-bond donors (Lipinski definition) is 0. The second-order valence-corrected chi connectivity index (χ2v) is 7.38. The molecule has 1 aliphatic heterocycles. The summed E-state index contributed by atoms with van der Waals surface area (Å²) in [6.45, 7) is 0.955. The monoisotopic (exact) mass is 326 g/mol. The lowest BCUT2D eigenvalue weighted by molar-refractivity contribution is 0.678. The van der Waals surface area contributed by atoms with Gasteiger partial charge in [0.15, 0.2) is 11.0 Å². The van der Waals surface area contributed by atoms with Crippen molar-refractivity contribution in [3.63, 3.8) is 0 Å². The van der Waals surface area contributed by atoms with Crippen LogP contribution in [0.2, 0.25) is 0 Å². The quantitative estimate of drug-likeness (QED) is 0.685. The fourth-order valence-corrected chi connectivity index (χ4v) is 4.64. The highest BCUT2D eigenvalue weighted by Crippen LogP contribution is 2.36. The number of fused-ring (bicyclic) bond motifs is 1. The highest BCUT2D eigenvalue weighted by atomic mass is 32.2. The Hall–Kier alpha value is -1.79. The van der Waals surface area contributed by atoms with Crippen LogP contribution in [0.3, 0.4) is 0 Å². The minimum absolute atomic E-state index is 0.533. The van der Waals surface area contributed by atoms with E-state index < -0.39 is 0 Å². The number of aromatic nitrogens is 4. The molecule has 1 aromatic carbocycles. The van der Waals surface area contributed by atoms with E-state index in [1.165, 1.54) is 4.90 Å². The predicted molar refractivity (Wildman–Crippen MR) is 90.1 cm³/mol. The van der Waals surface area contributed by atoms with Crippen LogP contribution in [0, 0.1) is 0 Å². The van der Waals surface area contributed by atoms with Gasteiger partial charge in [-0.15, -0.1) is 22.0 Å². The molecule has 0 saturated carbocycles. The average Bonchev–Trinajstić information content (AvgIpc) is 3.15. The largest absolute Gasteiger partial charge is 0.301 e. The molecule has 0 radical (unpaired) electrons. The highest BCUT2D eigenvalue weighted by molar-refractivity contribution is 8.03. The van der Waals surface area contributed by atoms with Crippen LogP contribution in [0.15, 0.2) is 64.9 Å². The molecule has 4 rings (SSSR count). The summed E-state index contributed by atoms with van der Waals surface area (Å²) in [6.07, 6.45) is 3.62. The molecule has 0 amide bonds. The van der Waals surface area contributed by atoms with Crippen molar-refractivity contribution in [2.45, 2.75) is 21.8 Å². The van der Waals surface area contributed by atoms with Crippen LogP contribution >= 0.6 is 23.5 Å². The minimum Gasteiger partial charge on any atom is -0.301 e. The van der Waals surface area contributed by atoms with Crippen molar-refractivity contribution in [2.75, 3.05) is 5.75 Å². The van der Waals surface area contributed by atoms with Crippen LogP contribution in [0.4, 0.5) is 0 Å². The van der Waals surface area contributed by atoms with Crippen LogP contribution in [0.5, 0.6) is 0 Å². The first-order chi connectivity index (χ1) is 10.9. The first kappa shape index (κ1) is 13.8. The molecule has 2 aromatic heterocycles. The van der Waals surface area contributed by atoms with E-state index in [4.69, 9.17) is 0 Å². The normalized spacial score (nSPS) is 16.6. The summed E-state index contributed by atoms with van der Waals surface area (Å²) in [6, 6.07) is 14.5. The van der Waals surface area contributed by atoms with Gasteiger partial charge in [-0.3, -0.25) is 4.98 Å². The maximum Gasteiger partial charge on any atom is 0.191 e. The molecule has 6 heteroatoms. The van der Waals surface area contributed by atoms with Gasteiger partial charge >= 0.3 is 0 Å². The van der Waals surface area contributed by atoms with E-state index in [1.807, 2.05) is 41.9 Å². The summed E-state index contributed by atoms with van der Waals surface area (Å²) in [7, 11) is 0. The molecule has 22 heavy (non-hydrogen) atoms. The van der Waals surface area contributed by atoms with E-state index in [-0.39, 0.29) is 0 Å². The van der Waals surface area contributed by atoms with Gasteiger partial charge in [-0.25, -0.2) is 0 Å². The molecule has 110 valence electrons. The Morgan fingerprint density at radius 3 is 2.86 bits per heavy atom. The van der Waals surface area contributed by atoms with Gasteiger partial charge in [0, 0.05) is 40.4 Å². The van der Waals surface area contributed by atoms with Gasteiger partial charge < -0.3 is 4.57 Å². The second kappa shape index (κ2) is 6.14. The van der Waals surface area contributed by atoms with Crippen molar-refractivity contribution in [3.05, 3.63) is 54.9 Å². The minimum atomic E-state index is 0.533. The number of benzene rings is 1. The summed E-state index contributed by atoms with van der Waals surface area (Å²) >= 11 is 3.72. The first-order valence-electron chi connectivity index (χ1n) is 7.08. The zero-order valence-corrected chi connectivity index (χ0v) is 13.4. The third-order valence-corrected chi connectivity index (χ3v) is 6.02. The van der Waals surface area contributed by atoms with Gasteiger partial charge in [0.1, 0.15) is 0 Å². The maximum atomic E-state index is 4.32. The molecule has 0 aliphatic carbocycles. The summed E-state index contributed by atoms with van der Waals surface area (Å²) in [5, 5.41) is 10.2. The number of rotatable bonds is 4. The van der Waals surface area contributed by atoms with E-state index in [2.05, 4.69) is 50.1 Å². The maximum absolute atomic E-state index is 4.32. The van der Waals surface area contributed by atoms with Crippen molar-refractivity contribution in [1.29, 1.82) is 0 Å². The Labute approximate surface area is 137 Å². The predicted octanol–water partition coefficient (Wildman–Crippen LogP) is 3.61. The third kappa shape index (κ3) is 2.76. The molecule has 0 unspecified atom stereocenters. The van der Waals surface area contributed by atoms with Crippen LogP contribution < -0.4 is 0 Å². The van der Waals surface area contributed by atoms with Crippen molar-refractivity contribution in [2.24, 2.45) is 0 Å². The molecule has 0 N–H and O–H groups in total. The Balaban J connectivity index is 1.46. The SMILES string of the molecule is c1ccc(SC[C@H]2Cn3c(nnc3-c3cccnc3)S2)cc1. The fourth-order valence-electron chi connectivity index (χ4n) is 2.43. The molecule has 0 spiro atoms. The average molecular weight is 326 g/mol. The fraction of sp³-hybridized carbons (Fsp3) is 0.188. The van der Waals surface area contributed by atoms with Crippen molar-refractivity contribution in [3.8, 4) is 11.4 Å². The summed E-state index contributed by atoms with van der Waals surface area (Å²) in [4.78, 5) is 5.49. The first-order valence-corrected chi connectivity index (χ1v) is 8.95. The molecule has 4 nitrogen and oxygen atoms in total. The molecule has 3 aromatic rings. The van der Waals surface area contributed by atoms with Gasteiger partial charge in [-0.2, -0.15) is 0 Å². The number of nitrogens with zero attached hydrogens (tertiary/aromatic N) is 4. The molecule has 0 bridgehead atoms. The summed E-state index contributed by atoms with van der Waals surface area (Å²) < 4.78 is 2.21. The second-order valence-electron chi connectivity index (χ2n) is 5.02. The van der Waals surface area contributed by atoms with Gasteiger partial charge in [-0.1, -0.05) is 30.0 Å². The topological polar surface area (TPSA) is 43.6 Å². The molecule has 1 atom stereocenters. The van der Waals surface area contributed by atoms with Gasteiger partial charge in [0.05, 0.1) is 0 Å². The summed E-state index contributed by atoms with van der Waals surface area (Å²) in [5.74, 6) is 1.99. The van der Waals surface area contributed by atoms with Gasteiger partial charge in [0.2, 0.25) is 0 Å². The van der Waals surface area contributed by atoms with E-state index in [1.54, 1.807) is 6.20 Å². The number of hydrogen-bond acceptors (Lipinski definition) is 5. The van der Waals surface area contributed by atoms with Crippen LogP contribution in [0.25, 0.3) is 11.4 Å². The smallest absolute Gasteiger partial charge is 0.191 e. The van der Waals surface area contributed by atoms with E-state index in [0.29, 0.717) is 5.25 Å². The Kier molecular flexibility index (Phi) is 3.86. The lowest BCUT2D eigenvalue weighted by atomic mass is 10.2. The number of thioether (sulfide) groups is 2. The standard InChI is InChI=1S/C16H14N4S2/c1-2-6-13(7-3-1)21-11-14-10-20-15(18-19-16(20)22-14)12-5-4-8-17-9-12/h1-9,14H,10-11H2/t14-/m1/s1. The molecule has 0 fully saturated rings. The van der Waals surface area contributed by atoms with E-state index in [9.17, 15) is 0 Å². The Morgan fingerprint density at radius 1 is 1.14 bits per heavy atom. The van der Waals surface area contributed by atoms with E-state index >= 15 is 0 Å². The highest BCUT2D eigenvalue weighted by Gasteiger charge is 2.27. The Morgan fingerprint density at radius 2 is 2.05 bits per heavy atom. The molecular formula is C16H14N4S2. The molecule has 3 heterocycles. The van der Waals surface area contributed by atoms with Crippen molar-refractivity contribution < 1.29 is 0 Å². The van der Waals surface area contributed by atoms with Crippen molar-refractivity contribution >= 4 is 23.5 Å². The Bertz CT molecular complexity index is 758. The lowest BCUT2D eigenvalue weighted by Gasteiger charge is -2.08. The van der Waals surface area contributed by atoms with Gasteiger partial charge in [-0.05, 0) is 24.3 Å². The zero-order chi connectivity index (χ0) is 14.8. The van der Waals surface area contributed by atoms with Crippen molar-refractivity contribution in [1.82, 2.24) is 19.7 Å². The zero-order valence-electron chi connectivity index (χ0n) is 11.8. The number of pyridine rings is 1. The van der Waals surface area contributed by atoms with Crippen LogP contribution in [0.1, 0.15) is 0 Å². The molecular weight excluding hydrogens is 312 g/mol.